The zero-order valence-corrected chi connectivity index (χ0v) is 10.8. The van der Waals surface area contributed by atoms with Crippen molar-refractivity contribution in [2.24, 2.45) is 16.3 Å². The maximum atomic E-state index is 12.2. The minimum absolute atomic E-state index is 0.0240. The summed E-state index contributed by atoms with van der Waals surface area (Å²) in [7, 11) is 0. The maximum absolute atomic E-state index is 12.2. The van der Waals surface area contributed by atoms with Crippen molar-refractivity contribution in [1.82, 2.24) is 5.32 Å². The fourth-order valence-corrected chi connectivity index (χ4v) is 2.36. The summed E-state index contributed by atoms with van der Waals surface area (Å²) in [6, 6.07) is 9.95. The van der Waals surface area contributed by atoms with Crippen LogP contribution < -0.4 is 11.1 Å². The van der Waals surface area contributed by atoms with Gasteiger partial charge >= 0.3 is 0 Å². The first-order valence-electron chi connectivity index (χ1n) is 6.49. The molecular weight excluding hydrogens is 242 g/mol. The molecule has 1 aromatic rings. The minimum Gasteiger partial charge on any atom is -0.409 e. The van der Waals surface area contributed by atoms with E-state index >= 15 is 0 Å². The SMILES string of the molecule is N/C(=N/O)C1(C(=O)NCCc2ccccc2)CCC1. The van der Waals surface area contributed by atoms with Crippen molar-refractivity contribution >= 4 is 11.7 Å². The quantitative estimate of drug-likeness (QED) is 0.323. The van der Waals surface area contributed by atoms with Crippen LogP contribution in [-0.4, -0.2) is 23.5 Å². The normalized spacial score (nSPS) is 17.6. The molecular formula is C14H19N3O2. The summed E-state index contributed by atoms with van der Waals surface area (Å²) in [6.07, 6.45) is 3.02. The molecule has 0 heterocycles. The van der Waals surface area contributed by atoms with Crippen LogP contribution in [0.1, 0.15) is 24.8 Å². The highest BCUT2D eigenvalue weighted by Crippen LogP contribution is 2.41. The Kier molecular flexibility index (Phi) is 4.04. The lowest BCUT2D eigenvalue weighted by Crippen LogP contribution is -2.54. The summed E-state index contributed by atoms with van der Waals surface area (Å²) < 4.78 is 0. The number of benzene rings is 1. The third kappa shape index (κ3) is 2.70. The second kappa shape index (κ2) is 5.73. The first-order valence-corrected chi connectivity index (χ1v) is 6.49. The van der Waals surface area contributed by atoms with Gasteiger partial charge < -0.3 is 16.3 Å². The fraction of sp³-hybridized carbons (Fsp3) is 0.429. The molecule has 19 heavy (non-hydrogen) atoms. The van der Waals surface area contributed by atoms with Gasteiger partial charge in [-0.15, -0.1) is 0 Å². The molecule has 5 nitrogen and oxygen atoms in total. The van der Waals surface area contributed by atoms with Crippen molar-refractivity contribution in [2.75, 3.05) is 6.54 Å². The monoisotopic (exact) mass is 261 g/mol. The van der Waals surface area contributed by atoms with Gasteiger partial charge in [-0.25, -0.2) is 0 Å². The predicted octanol–water partition coefficient (Wildman–Crippen LogP) is 1.26. The van der Waals surface area contributed by atoms with Crippen molar-refractivity contribution in [1.29, 1.82) is 0 Å². The van der Waals surface area contributed by atoms with Crippen LogP contribution in [0.25, 0.3) is 0 Å². The molecule has 1 saturated carbocycles. The molecule has 0 aliphatic heterocycles. The molecule has 0 saturated heterocycles. The van der Waals surface area contributed by atoms with E-state index in [0.717, 1.165) is 12.8 Å². The van der Waals surface area contributed by atoms with Gasteiger partial charge in [0.15, 0.2) is 5.84 Å². The summed E-state index contributed by atoms with van der Waals surface area (Å²) >= 11 is 0. The molecule has 0 atom stereocenters. The Hall–Kier alpha value is -2.04. The van der Waals surface area contributed by atoms with E-state index in [9.17, 15) is 4.79 Å². The molecule has 1 aliphatic carbocycles. The Morgan fingerprint density at radius 1 is 1.37 bits per heavy atom. The zero-order valence-electron chi connectivity index (χ0n) is 10.8. The van der Waals surface area contributed by atoms with Crippen LogP contribution in [0.4, 0.5) is 0 Å². The number of amides is 1. The highest BCUT2D eigenvalue weighted by Gasteiger charge is 2.48. The number of carbonyl (C=O) groups excluding carboxylic acids is 1. The van der Waals surface area contributed by atoms with E-state index in [0.29, 0.717) is 19.4 Å². The number of amidine groups is 1. The number of nitrogens with zero attached hydrogens (tertiary/aromatic N) is 1. The average Bonchev–Trinajstić information content (AvgIpc) is 2.38. The van der Waals surface area contributed by atoms with Crippen LogP contribution in [-0.2, 0) is 11.2 Å². The van der Waals surface area contributed by atoms with Gasteiger partial charge in [0.05, 0.1) is 0 Å². The van der Waals surface area contributed by atoms with Crippen LogP contribution in [0.5, 0.6) is 0 Å². The molecule has 1 amide bonds. The maximum Gasteiger partial charge on any atom is 0.233 e. The number of oxime groups is 1. The van der Waals surface area contributed by atoms with Crippen molar-refractivity contribution in [3.63, 3.8) is 0 Å². The standard InChI is InChI=1S/C14H19N3O2/c15-12(17-19)14(8-4-9-14)13(18)16-10-7-11-5-2-1-3-6-11/h1-3,5-6,19H,4,7-10H2,(H2,15,17)(H,16,18). The fourth-order valence-electron chi connectivity index (χ4n) is 2.36. The number of nitrogens with one attached hydrogen (secondary N) is 1. The van der Waals surface area contributed by atoms with Crippen LogP contribution in [0.2, 0.25) is 0 Å². The van der Waals surface area contributed by atoms with Gasteiger partial charge in [-0.3, -0.25) is 4.79 Å². The third-order valence-electron chi connectivity index (χ3n) is 3.78. The Balaban J connectivity index is 1.87. The van der Waals surface area contributed by atoms with Gasteiger partial charge in [-0.2, -0.15) is 0 Å². The molecule has 0 spiro atoms. The minimum atomic E-state index is -0.786. The molecule has 102 valence electrons. The molecule has 0 unspecified atom stereocenters. The van der Waals surface area contributed by atoms with E-state index < -0.39 is 5.41 Å². The first-order chi connectivity index (χ1) is 9.19. The topological polar surface area (TPSA) is 87.7 Å². The van der Waals surface area contributed by atoms with Crippen LogP contribution in [0, 0.1) is 5.41 Å². The van der Waals surface area contributed by atoms with Crippen molar-refractivity contribution in [3.8, 4) is 0 Å². The van der Waals surface area contributed by atoms with E-state index in [2.05, 4.69) is 10.5 Å². The lowest BCUT2D eigenvalue weighted by atomic mass is 9.67. The molecule has 0 radical (unpaired) electrons. The summed E-state index contributed by atoms with van der Waals surface area (Å²) in [5, 5.41) is 14.7. The van der Waals surface area contributed by atoms with Gasteiger partial charge in [0, 0.05) is 6.54 Å². The second-order valence-corrected chi connectivity index (χ2v) is 4.91. The third-order valence-corrected chi connectivity index (χ3v) is 3.78. The summed E-state index contributed by atoms with van der Waals surface area (Å²) in [5.41, 5.74) is 6.03. The van der Waals surface area contributed by atoms with E-state index in [1.807, 2.05) is 30.3 Å². The first kappa shape index (κ1) is 13.4. The summed E-state index contributed by atoms with van der Waals surface area (Å²) in [5.74, 6) is -0.110. The summed E-state index contributed by atoms with van der Waals surface area (Å²) in [6.45, 7) is 0.559. The molecule has 4 N–H and O–H groups in total. The zero-order chi connectivity index (χ0) is 13.7. The molecule has 2 rings (SSSR count). The van der Waals surface area contributed by atoms with Crippen molar-refractivity contribution in [3.05, 3.63) is 35.9 Å². The Bertz CT molecular complexity index is 467. The lowest BCUT2D eigenvalue weighted by Gasteiger charge is -2.38. The number of hydrogen-bond acceptors (Lipinski definition) is 3. The molecule has 0 aromatic heterocycles. The second-order valence-electron chi connectivity index (χ2n) is 4.91. The van der Waals surface area contributed by atoms with Gasteiger partial charge in [0.2, 0.25) is 5.91 Å². The Morgan fingerprint density at radius 3 is 2.58 bits per heavy atom. The largest absolute Gasteiger partial charge is 0.409 e. The molecule has 0 bridgehead atoms. The number of nitrogens with two attached hydrogens (primary N) is 1. The van der Waals surface area contributed by atoms with Gasteiger partial charge in [0.25, 0.3) is 0 Å². The summed E-state index contributed by atoms with van der Waals surface area (Å²) in [4.78, 5) is 12.2. The van der Waals surface area contributed by atoms with Gasteiger partial charge in [-0.05, 0) is 24.8 Å². The van der Waals surface area contributed by atoms with Gasteiger partial charge in [0.1, 0.15) is 5.41 Å². The molecule has 1 fully saturated rings. The smallest absolute Gasteiger partial charge is 0.233 e. The Labute approximate surface area is 112 Å². The van der Waals surface area contributed by atoms with E-state index in [1.54, 1.807) is 0 Å². The van der Waals surface area contributed by atoms with Crippen molar-refractivity contribution < 1.29 is 10.0 Å². The molecule has 5 heteroatoms. The molecule has 1 aromatic carbocycles. The average molecular weight is 261 g/mol. The van der Waals surface area contributed by atoms with E-state index in [4.69, 9.17) is 10.9 Å². The number of hydrogen-bond donors (Lipinski definition) is 3. The number of rotatable bonds is 5. The van der Waals surface area contributed by atoms with E-state index in [-0.39, 0.29) is 11.7 Å². The number of carbonyl (C=O) groups is 1. The lowest BCUT2D eigenvalue weighted by molar-refractivity contribution is -0.131. The van der Waals surface area contributed by atoms with Crippen LogP contribution >= 0.6 is 0 Å². The highest BCUT2D eigenvalue weighted by molar-refractivity contribution is 6.07. The predicted molar refractivity (Wildman–Crippen MR) is 72.8 cm³/mol. The van der Waals surface area contributed by atoms with Crippen LogP contribution in [0.15, 0.2) is 35.5 Å². The Morgan fingerprint density at radius 2 is 2.05 bits per heavy atom. The van der Waals surface area contributed by atoms with Crippen molar-refractivity contribution in [2.45, 2.75) is 25.7 Å². The van der Waals surface area contributed by atoms with Gasteiger partial charge in [-0.1, -0.05) is 41.9 Å². The van der Waals surface area contributed by atoms with E-state index in [1.165, 1.54) is 5.56 Å². The van der Waals surface area contributed by atoms with Crippen LogP contribution in [0.3, 0.4) is 0 Å². The molecule has 1 aliphatic rings. The highest BCUT2D eigenvalue weighted by atomic mass is 16.4.